The van der Waals surface area contributed by atoms with Crippen LogP contribution in [-0.2, 0) is 0 Å². The fourth-order valence-electron chi connectivity index (χ4n) is 2.27. The molecule has 0 bridgehead atoms. The van der Waals surface area contributed by atoms with Crippen molar-refractivity contribution in [2.24, 2.45) is 5.92 Å². The maximum Gasteiger partial charge on any atom is 0.269 e. The molecule has 0 spiro atoms. The first-order chi connectivity index (χ1) is 10.5. The third-order valence-electron chi connectivity index (χ3n) is 3.33. The van der Waals surface area contributed by atoms with Crippen LogP contribution in [-0.4, -0.2) is 33.9 Å². The van der Waals surface area contributed by atoms with Crippen molar-refractivity contribution in [2.75, 3.05) is 6.54 Å². The summed E-state index contributed by atoms with van der Waals surface area (Å²) in [5.74, 6) is -0.0156. The Kier molecular flexibility index (Phi) is 5.57. The highest BCUT2D eigenvalue weighted by atomic mass is 35.5. The van der Waals surface area contributed by atoms with Gasteiger partial charge in [0.25, 0.3) is 5.91 Å². The summed E-state index contributed by atoms with van der Waals surface area (Å²) in [5.41, 5.74) is 1.80. The SMILES string of the molecule is CC(O)CC(C)CNC(=O)c1cc(-c2ccccc2Cl)n[nH]1. The fraction of sp³-hybridized carbons (Fsp3) is 0.375. The van der Waals surface area contributed by atoms with E-state index in [0.29, 0.717) is 29.4 Å². The van der Waals surface area contributed by atoms with Crippen LogP contribution in [0, 0.1) is 5.92 Å². The highest BCUT2D eigenvalue weighted by Crippen LogP contribution is 2.26. The highest BCUT2D eigenvalue weighted by Gasteiger charge is 2.14. The van der Waals surface area contributed by atoms with E-state index in [9.17, 15) is 9.90 Å². The van der Waals surface area contributed by atoms with E-state index in [1.807, 2.05) is 25.1 Å². The molecule has 1 aromatic heterocycles. The summed E-state index contributed by atoms with van der Waals surface area (Å²) in [5, 5.41) is 19.6. The van der Waals surface area contributed by atoms with Crippen molar-refractivity contribution in [3.05, 3.63) is 41.0 Å². The summed E-state index contributed by atoms with van der Waals surface area (Å²) >= 11 is 6.12. The van der Waals surface area contributed by atoms with E-state index in [0.717, 1.165) is 5.56 Å². The van der Waals surface area contributed by atoms with Crippen LogP contribution < -0.4 is 5.32 Å². The van der Waals surface area contributed by atoms with Gasteiger partial charge in [-0.3, -0.25) is 9.89 Å². The molecule has 2 rings (SSSR count). The van der Waals surface area contributed by atoms with E-state index >= 15 is 0 Å². The standard InChI is InChI=1S/C16H20ClN3O2/c1-10(7-11(2)21)9-18-16(22)15-8-14(19-20-15)12-5-3-4-6-13(12)17/h3-6,8,10-11,21H,7,9H2,1-2H3,(H,18,22)(H,19,20). The molecule has 1 aromatic carbocycles. The Hall–Kier alpha value is -1.85. The Balaban J connectivity index is 1.99. The number of rotatable bonds is 6. The molecular formula is C16H20ClN3O2. The van der Waals surface area contributed by atoms with Crippen LogP contribution in [0.3, 0.4) is 0 Å². The molecule has 2 unspecified atom stereocenters. The lowest BCUT2D eigenvalue weighted by molar-refractivity contribution is 0.0934. The van der Waals surface area contributed by atoms with Crippen molar-refractivity contribution in [1.29, 1.82) is 0 Å². The van der Waals surface area contributed by atoms with Gasteiger partial charge < -0.3 is 10.4 Å². The Morgan fingerprint density at radius 2 is 2.14 bits per heavy atom. The summed E-state index contributed by atoms with van der Waals surface area (Å²) in [6.45, 7) is 4.22. The van der Waals surface area contributed by atoms with Crippen LogP contribution in [0.5, 0.6) is 0 Å². The van der Waals surface area contributed by atoms with Crippen LogP contribution in [0.4, 0.5) is 0 Å². The number of halogens is 1. The average molecular weight is 322 g/mol. The third kappa shape index (κ3) is 4.32. The molecule has 0 aliphatic carbocycles. The van der Waals surface area contributed by atoms with E-state index < -0.39 is 0 Å². The first kappa shape index (κ1) is 16.5. The zero-order valence-electron chi connectivity index (χ0n) is 12.6. The number of aliphatic hydroxyl groups excluding tert-OH is 1. The van der Waals surface area contributed by atoms with Gasteiger partial charge in [0, 0.05) is 12.1 Å². The van der Waals surface area contributed by atoms with E-state index in [1.165, 1.54) is 0 Å². The number of carbonyl (C=O) groups excluding carboxylic acids is 1. The van der Waals surface area contributed by atoms with Gasteiger partial charge in [-0.1, -0.05) is 36.7 Å². The molecule has 1 amide bonds. The van der Waals surface area contributed by atoms with Crippen molar-refractivity contribution in [1.82, 2.24) is 15.5 Å². The number of H-pyrrole nitrogens is 1. The summed E-state index contributed by atoms with van der Waals surface area (Å²) in [6.07, 6.45) is 0.277. The van der Waals surface area contributed by atoms with Crippen LogP contribution in [0.15, 0.2) is 30.3 Å². The van der Waals surface area contributed by atoms with Gasteiger partial charge in [-0.2, -0.15) is 5.10 Å². The van der Waals surface area contributed by atoms with Crippen LogP contribution in [0.1, 0.15) is 30.8 Å². The number of hydrogen-bond acceptors (Lipinski definition) is 3. The van der Waals surface area contributed by atoms with E-state index in [2.05, 4.69) is 15.5 Å². The summed E-state index contributed by atoms with van der Waals surface area (Å²) < 4.78 is 0. The number of aliphatic hydroxyl groups is 1. The number of hydrogen-bond donors (Lipinski definition) is 3. The molecule has 2 aromatic rings. The Morgan fingerprint density at radius 3 is 2.82 bits per heavy atom. The number of aromatic nitrogens is 2. The third-order valence-corrected chi connectivity index (χ3v) is 3.66. The number of aromatic amines is 1. The molecule has 0 fully saturated rings. The summed E-state index contributed by atoms with van der Waals surface area (Å²) in [6, 6.07) is 9.02. The van der Waals surface area contributed by atoms with Crippen molar-refractivity contribution in [3.63, 3.8) is 0 Å². The van der Waals surface area contributed by atoms with Gasteiger partial charge in [0.2, 0.25) is 0 Å². The second kappa shape index (κ2) is 7.42. The molecule has 0 saturated heterocycles. The molecule has 0 aliphatic rings. The molecule has 22 heavy (non-hydrogen) atoms. The minimum Gasteiger partial charge on any atom is -0.393 e. The number of amides is 1. The lowest BCUT2D eigenvalue weighted by Crippen LogP contribution is -2.29. The maximum absolute atomic E-state index is 12.1. The molecule has 2 atom stereocenters. The Morgan fingerprint density at radius 1 is 1.41 bits per heavy atom. The Labute approximate surface area is 134 Å². The maximum atomic E-state index is 12.1. The fourth-order valence-corrected chi connectivity index (χ4v) is 2.51. The number of nitrogens with one attached hydrogen (secondary N) is 2. The monoisotopic (exact) mass is 321 g/mol. The lowest BCUT2D eigenvalue weighted by Gasteiger charge is -2.13. The van der Waals surface area contributed by atoms with Gasteiger partial charge in [0.05, 0.1) is 16.8 Å². The van der Waals surface area contributed by atoms with Gasteiger partial charge in [-0.25, -0.2) is 0 Å². The molecule has 0 radical (unpaired) electrons. The smallest absolute Gasteiger partial charge is 0.269 e. The first-order valence-corrected chi connectivity index (χ1v) is 7.61. The van der Waals surface area contributed by atoms with Gasteiger partial charge >= 0.3 is 0 Å². The van der Waals surface area contributed by atoms with Crippen LogP contribution in [0.25, 0.3) is 11.3 Å². The van der Waals surface area contributed by atoms with Gasteiger partial charge in [-0.15, -0.1) is 0 Å². The molecular weight excluding hydrogens is 302 g/mol. The molecule has 0 aliphatic heterocycles. The molecule has 6 heteroatoms. The molecule has 118 valence electrons. The normalized spacial score (nSPS) is 13.6. The predicted octanol–water partition coefficient (Wildman–Crippen LogP) is 2.87. The zero-order valence-corrected chi connectivity index (χ0v) is 13.4. The van der Waals surface area contributed by atoms with E-state index in [-0.39, 0.29) is 17.9 Å². The van der Waals surface area contributed by atoms with Crippen molar-refractivity contribution in [2.45, 2.75) is 26.4 Å². The van der Waals surface area contributed by atoms with Gasteiger partial charge in [-0.05, 0) is 31.4 Å². The predicted molar refractivity (Wildman–Crippen MR) is 86.8 cm³/mol. The largest absolute Gasteiger partial charge is 0.393 e. The number of carbonyl (C=O) groups is 1. The average Bonchev–Trinajstić information content (AvgIpc) is 2.94. The van der Waals surface area contributed by atoms with Crippen molar-refractivity contribution >= 4 is 17.5 Å². The first-order valence-electron chi connectivity index (χ1n) is 7.24. The molecule has 3 N–H and O–H groups in total. The minimum absolute atomic E-state index is 0.204. The summed E-state index contributed by atoms with van der Waals surface area (Å²) in [7, 11) is 0. The quantitative estimate of drug-likeness (QED) is 0.765. The van der Waals surface area contributed by atoms with Gasteiger partial charge in [0.1, 0.15) is 5.69 Å². The molecule has 1 heterocycles. The second-order valence-electron chi connectivity index (χ2n) is 5.55. The number of benzene rings is 1. The Bertz CT molecular complexity index is 640. The van der Waals surface area contributed by atoms with Crippen molar-refractivity contribution in [3.8, 4) is 11.3 Å². The highest BCUT2D eigenvalue weighted by molar-refractivity contribution is 6.33. The van der Waals surface area contributed by atoms with Gasteiger partial charge in [0.15, 0.2) is 0 Å². The zero-order chi connectivity index (χ0) is 16.1. The van der Waals surface area contributed by atoms with E-state index in [1.54, 1.807) is 19.1 Å². The van der Waals surface area contributed by atoms with Crippen LogP contribution >= 0.6 is 11.6 Å². The van der Waals surface area contributed by atoms with Crippen LogP contribution in [0.2, 0.25) is 5.02 Å². The second-order valence-corrected chi connectivity index (χ2v) is 5.95. The summed E-state index contributed by atoms with van der Waals surface area (Å²) in [4.78, 5) is 12.1. The lowest BCUT2D eigenvalue weighted by atomic mass is 10.0. The minimum atomic E-state index is -0.370. The van der Waals surface area contributed by atoms with Crippen molar-refractivity contribution < 1.29 is 9.90 Å². The van der Waals surface area contributed by atoms with E-state index in [4.69, 9.17) is 11.6 Å². The topological polar surface area (TPSA) is 78.0 Å². The number of nitrogens with zero attached hydrogens (tertiary/aromatic N) is 1. The molecule has 5 nitrogen and oxygen atoms in total. The molecule has 0 saturated carbocycles.